The zero-order valence-corrected chi connectivity index (χ0v) is 21.1. The van der Waals surface area contributed by atoms with Crippen LogP contribution in [-0.4, -0.2) is 37.6 Å². The first-order valence-corrected chi connectivity index (χ1v) is 13.5. The molecule has 1 saturated heterocycles. The molecule has 0 aliphatic carbocycles. The van der Waals surface area contributed by atoms with Crippen LogP contribution >= 0.6 is 22.9 Å². The lowest BCUT2D eigenvalue weighted by molar-refractivity contribution is 0.0622. The van der Waals surface area contributed by atoms with Crippen molar-refractivity contribution in [1.82, 2.24) is 9.97 Å². The highest BCUT2D eigenvalue weighted by Crippen LogP contribution is 2.35. The minimum absolute atomic E-state index is 0.109. The van der Waals surface area contributed by atoms with E-state index in [1.807, 2.05) is 6.92 Å². The number of rotatable bonds is 7. The summed E-state index contributed by atoms with van der Waals surface area (Å²) in [6, 6.07) is 8.65. The molecule has 1 aliphatic rings. The number of halogens is 1. The van der Waals surface area contributed by atoms with Gasteiger partial charge in [-0.1, -0.05) is 35.1 Å². The van der Waals surface area contributed by atoms with Crippen molar-refractivity contribution in [2.45, 2.75) is 44.6 Å². The van der Waals surface area contributed by atoms with Gasteiger partial charge in [0.15, 0.2) is 5.13 Å². The van der Waals surface area contributed by atoms with E-state index in [0.29, 0.717) is 27.9 Å². The number of hydrogen-bond acceptors (Lipinski definition) is 7. The lowest BCUT2D eigenvalue weighted by Gasteiger charge is -2.28. The van der Waals surface area contributed by atoms with E-state index in [0.717, 1.165) is 41.8 Å². The van der Waals surface area contributed by atoms with Crippen LogP contribution < -0.4 is 10.0 Å². The Kier molecular flexibility index (Phi) is 7.23. The average Bonchev–Trinajstić information content (AvgIpc) is 3.16. The van der Waals surface area contributed by atoms with Gasteiger partial charge in [-0.25, -0.2) is 13.4 Å². The second-order valence-corrected chi connectivity index (χ2v) is 11.3. The average molecular weight is 507 g/mol. The van der Waals surface area contributed by atoms with Gasteiger partial charge in [-0.15, -0.1) is 0 Å². The summed E-state index contributed by atoms with van der Waals surface area (Å²) in [6.07, 6.45) is 3.76. The molecule has 3 heterocycles. The first-order valence-electron chi connectivity index (χ1n) is 10.8. The quantitative estimate of drug-likeness (QED) is 0.439. The molecule has 0 saturated carbocycles. The van der Waals surface area contributed by atoms with Crippen LogP contribution in [-0.2, 0) is 14.8 Å². The normalized spacial score (nSPS) is 15.9. The Bertz CT molecular complexity index is 1240. The van der Waals surface area contributed by atoms with Crippen LogP contribution in [0.4, 0.5) is 10.8 Å². The van der Waals surface area contributed by atoms with E-state index in [4.69, 9.17) is 16.3 Å². The third-order valence-corrected chi connectivity index (χ3v) is 8.78. The van der Waals surface area contributed by atoms with Crippen molar-refractivity contribution >= 4 is 43.8 Å². The molecule has 33 heavy (non-hydrogen) atoms. The van der Waals surface area contributed by atoms with E-state index in [9.17, 15) is 8.42 Å². The lowest BCUT2D eigenvalue weighted by Crippen LogP contribution is -2.30. The Hall–Kier alpha value is -2.20. The fraction of sp³-hybridized carbons (Fsp3) is 0.391. The number of anilines is 2. The number of hydrogen-bond donors (Lipinski definition) is 2. The molecule has 1 atom stereocenters. The van der Waals surface area contributed by atoms with Crippen LogP contribution in [0, 0.1) is 19.8 Å². The Labute approximate surface area is 203 Å². The van der Waals surface area contributed by atoms with Crippen molar-refractivity contribution in [2.24, 2.45) is 5.92 Å². The Balaban J connectivity index is 1.59. The first-order chi connectivity index (χ1) is 15.7. The van der Waals surface area contributed by atoms with Crippen molar-refractivity contribution < 1.29 is 13.2 Å². The van der Waals surface area contributed by atoms with Gasteiger partial charge in [0.2, 0.25) is 0 Å². The van der Waals surface area contributed by atoms with Crippen molar-refractivity contribution in [3.8, 4) is 10.4 Å². The van der Waals surface area contributed by atoms with Crippen molar-refractivity contribution in [3.63, 3.8) is 0 Å². The highest BCUT2D eigenvalue weighted by Gasteiger charge is 2.23. The third-order valence-electron chi connectivity index (χ3n) is 5.83. The van der Waals surface area contributed by atoms with E-state index >= 15 is 0 Å². The third kappa shape index (κ3) is 5.48. The summed E-state index contributed by atoms with van der Waals surface area (Å²) in [7, 11) is -3.88. The van der Waals surface area contributed by atoms with Gasteiger partial charge >= 0.3 is 0 Å². The highest BCUT2D eigenvalue weighted by atomic mass is 35.5. The zero-order valence-electron chi connectivity index (χ0n) is 18.8. The zero-order chi connectivity index (χ0) is 23.6. The van der Waals surface area contributed by atoms with E-state index in [-0.39, 0.29) is 10.9 Å². The maximum absolute atomic E-state index is 13.1. The van der Waals surface area contributed by atoms with Crippen LogP contribution in [0.3, 0.4) is 0 Å². The molecule has 2 aromatic heterocycles. The number of aromatic nitrogens is 2. The summed E-state index contributed by atoms with van der Waals surface area (Å²) >= 11 is 7.65. The summed E-state index contributed by atoms with van der Waals surface area (Å²) in [5.41, 5.74) is 2.27. The predicted molar refractivity (Wildman–Crippen MR) is 134 cm³/mol. The maximum Gasteiger partial charge on any atom is 0.263 e. The van der Waals surface area contributed by atoms with Gasteiger partial charge in [-0.05, 0) is 57.7 Å². The second kappa shape index (κ2) is 9.97. The molecule has 0 radical (unpaired) electrons. The molecule has 2 N–H and O–H groups in total. The van der Waals surface area contributed by atoms with Crippen LogP contribution in [0.15, 0.2) is 41.4 Å². The second-order valence-electron chi connectivity index (χ2n) is 8.21. The molecule has 4 rings (SSSR count). The molecule has 1 fully saturated rings. The first kappa shape index (κ1) is 23.9. The van der Waals surface area contributed by atoms with Gasteiger partial charge in [0, 0.05) is 31.0 Å². The molecule has 7 nitrogen and oxygen atoms in total. The minimum Gasteiger partial charge on any atom is -0.381 e. The van der Waals surface area contributed by atoms with Crippen molar-refractivity contribution in [2.75, 3.05) is 23.3 Å². The summed E-state index contributed by atoms with van der Waals surface area (Å²) in [6.45, 7) is 7.37. The van der Waals surface area contributed by atoms with Crippen molar-refractivity contribution in [1.29, 1.82) is 0 Å². The van der Waals surface area contributed by atoms with Gasteiger partial charge < -0.3 is 10.1 Å². The number of para-hydroxylation sites is 1. The smallest absolute Gasteiger partial charge is 0.263 e. The van der Waals surface area contributed by atoms with Crippen LogP contribution in [0.2, 0.25) is 5.02 Å². The van der Waals surface area contributed by atoms with Gasteiger partial charge in [-0.3, -0.25) is 9.71 Å². The molecule has 3 aromatic rings. The van der Waals surface area contributed by atoms with E-state index in [2.05, 4.69) is 26.9 Å². The number of thiazole rings is 1. The van der Waals surface area contributed by atoms with Gasteiger partial charge in [0.25, 0.3) is 10.0 Å². The summed E-state index contributed by atoms with van der Waals surface area (Å²) in [4.78, 5) is 10.0. The van der Waals surface area contributed by atoms with Crippen LogP contribution in [0.25, 0.3) is 10.4 Å². The van der Waals surface area contributed by atoms with Crippen molar-refractivity contribution in [3.05, 3.63) is 52.9 Å². The number of benzene rings is 1. The van der Waals surface area contributed by atoms with Gasteiger partial charge in [0.05, 0.1) is 27.0 Å². The lowest BCUT2D eigenvalue weighted by atomic mass is 9.93. The molecule has 10 heteroatoms. The molecular weight excluding hydrogens is 480 g/mol. The molecule has 176 valence electrons. The fourth-order valence-corrected chi connectivity index (χ4v) is 6.49. The number of sulfonamides is 1. The largest absolute Gasteiger partial charge is 0.381 e. The van der Waals surface area contributed by atoms with E-state index in [1.54, 1.807) is 43.5 Å². The highest BCUT2D eigenvalue weighted by molar-refractivity contribution is 7.92. The van der Waals surface area contributed by atoms with Gasteiger partial charge in [0.1, 0.15) is 4.90 Å². The standard InChI is InChI=1S/C23H27ClN4O3S2/c1-14(17-8-10-31-11-9-17)26-23-27-16(3)22(32-23)18-12-21(15(2)25-13-18)33(29,30)28-20-7-5-4-6-19(20)24/h4-7,12-14,17,28H,8-11H2,1-3H3,(H,26,27). The van der Waals surface area contributed by atoms with E-state index in [1.165, 1.54) is 11.3 Å². The van der Waals surface area contributed by atoms with E-state index < -0.39 is 10.0 Å². The number of nitrogens with zero attached hydrogens (tertiary/aromatic N) is 2. The summed E-state index contributed by atoms with van der Waals surface area (Å²) in [5, 5.41) is 4.67. The molecule has 0 spiro atoms. The maximum atomic E-state index is 13.1. The minimum atomic E-state index is -3.88. The molecule has 1 aromatic carbocycles. The van der Waals surface area contributed by atoms with Gasteiger partial charge in [-0.2, -0.15) is 0 Å². The number of aryl methyl sites for hydroxylation is 2. The topological polar surface area (TPSA) is 93.2 Å². The molecule has 0 bridgehead atoms. The number of nitrogens with one attached hydrogen (secondary N) is 2. The Morgan fingerprint density at radius 1 is 1.18 bits per heavy atom. The molecular formula is C23H27ClN4O3S2. The number of pyridine rings is 1. The monoisotopic (exact) mass is 506 g/mol. The fourth-order valence-electron chi connectivity index (χ4n) is 3.91. The predicted octanol–water partition coefficient (Wildman–Crippen LogP) is 5.50. The molecule has 1 unspecified atom stereocenters. The summed E-state index contributed by atoms with van der Waals surface area (Å²) in [5.74, 6) is 0.542. The Morgan fingerprint density at radius 3 is 2.64 bits per heavy atom. The SMILES string of the molecule is Cc1ncc(-c2sc(NC(C)C3CCOCC3)nc2C)cc1S(=O)(=O)Nc1ccccc1Cl. The number of ether oxygens (including phenoxy) is 1. The Morgan fingerprint density at radius 2 is 1.91 bits per heavy atom. The molecule has 1 aliphatic heterocycles. The van der Waals surface area contributed by atoms with Crippen LogP contribution in [0.1, 0.15) is 31.2 Å². The summed E-state index contributed by atoms with van der Waals surface area (Å²) < 4.78 is 34.3. The molecule has 0 amide bonds. The van der Waals surface area contributed by atoms with Crippen LogP contribution in [0.5, 0.6) is 0 Å².